The normalized spacial score (nSPS) is 14.7. The highest BCUT2D eigenvalue weighted by molar-refractivity contribution is 7.99. The maximum atomic E-state index is 13.7. The molecule has 2 rings (SSSR count). The summed E-state index contributed by atoms with van der Waals surface area (Å²) in [6.07, 6.45) is 0. The third kappa shape index (κ3) is 2.79. The molecule has 2 aromatic carbocycles. The van der Waals surface area contributed by atoms with Gasteiger partial charge in [0, 0.05) is 27.2 Å². The Morgan fingerprint density at radius 3 is 1.70 bits per heavy atom. The van der Waals surface area contributed by atoms with Crippen LogP contribution in [0, 0.1) is 0 Å². The van der Waals surface area contributed by atoms with Gasteiger partial charge in [0.1, 0.15) is 0 Å². The van der Waals surface area contributed by atoms with E-state index >= 15 is 0 Å². The van der Waals surface area contributed by atoms with E-state index in [1.165, 1.54) is 0 Å². The van der Waals surface area contributed by atoms with E-state index in [-0.39, 0.29) is 4.99 Å². The second-order valence-corrected chi connectivity index (χ2v) is 10.1. The van der Waals surface area contributed by atoms with Crippen LogP contribution in [0.1, 0.15) is 13.8 Å². The quantitative estimate of drug-likeness (QED) is 0.795. The summed E-state index contributed by atoms with van der Waals surface area (Å²) in [6, 6.07) is 18.8. The van der Waals surface area contributed by atoms with Crippen molar-refractivity contribution in [2.45, 2.75) is 18.8 Å². The molecule has 0 heterocycles. The van der Waals surface area contributed by atoms with Crippen molar-refractivity contribution in [3.8, 4) is 0 Å². The zero-order valence-corrected chi connectivity index (χ0v) is 13.4. The molecule has 0 aliphatic heterocycles. The first kappa shape index (κ1) is 15.2. The van der Waals surface area contributed by atoms with Crippen molar-refractivity contribution in [3.63, 3.8) is 0 Å². The van der Waals surface area contributed by atoms with Crippen LogP contribution in [-0.2, 0) is 15.4 Å². The molecule has 0 N–H and O–H groups in total. The van der Waals surface area contributed by atoms with Crippen molar-refractivity contribution in [1.29, 1.82) is 0 Å². The lowest BCUT2D eigenvalue weighted by atomic mass is 10.4. The van der Waals surface area contributed by atoms with Gasteiger partial charge in [-0.2, -0.15) is 0 Å². The largest absolute Gasteiger partial charge is 0.312 e. The van der Waals surface area contributed by atoms with Crippen LogP contribution in [0.3, 0.4) is 0 Å². The fourth-order valence-electron chi connectivity index (χ4n) is 2.27. The molecule has 20 heavy (non-hydrogen) atoms. The third-order valence-electron chi connectivity index (χ3n) is 3.46. The van der Waals surface area contributed by atoms with Gasteiger partial charge in [0.05, 0.1) is 4.99 Å². The number of hydrogen-bond donors (Lipinski definition) is 0. The smallest absolute Gasteiger partial charge is 0.157 e. The van der Waals surface area contributed by atoms with Gasteiger partial charge >= 0.3 is 0 Å². The fraction of sp³-hybridized carbons (Fsp3) is 0.250. The van der Waals surface area contributed by atoms with Crippen molar-refractivity contribution >= 4 is 28.6 Å². The van der Waals surface area contributed by atoms with Gasteiger partial charge in [-0.15, -0.1) is 0 Å². The molecule has 2 atom stereocenters. The van der Waals surface area contributed by atoms with E-state index in [1.807, 2.05) is 74.5 Å². The fourth-order valence-corrected chi connectivity index (χ4v) is 7.63. The summed E-state index contributed by atoms with van der Waals surface area (Å²) in [5.41, 5.74) is 0. The Morgan fingerprint density at radius 1 is 0.950 bits per heavy atom. The van der Waals surface area contributed by atoms with Crippen molar-refractivity contribution in [2.24, 2.45) is 0 Å². The van der Waals surface area contributed by atoms with E-state index in [0.717, 1.165) is 10.6 Å². The maximum absolute atomic E-state index is 13.7. The SMILES string of the molecule is CCS(=O)C(C)P(=O)(c1ccccc1)c1ccccc1. The molecule has 2 aromatic rings. The molecule has 0 aliphatic carbocycles. The number of rotatable bonds is 5. The first-order chi connectivity index (χ1) is 9.60. The summed E-state index contributed by atoms with van der Waals surface area (Å²) < 4.78 is 26.0. The van der Waals surface area contributed by atoms with E-state index in [4.69, 9.17) is 0 Å². The van der Waals surface area contributed by atoms with Crippen LogP contribution >= 0.6 is 7.14 Å². The number of hydrogen-bond acceptors (Lipinski definition) is 2. The van der Waals surface area contributed by atoms with Crippen LogP contribution in [-0.4, -0.2) is 15.0 Å². The van der Waals surface area contributed by atoms with Crippen LogP contribution in [0.5, 0.6) is 0 Å². The summed E-state index contributed by atoms with van der Waals surface area (Å²) in [5, 5.41) is 1.56. The van der Waals surface area contributed by atoms with E-state index in [0.29, 0.717) is 5.75 Å². The molecule has 0 radical (unpaired) electrons. The molecular weight excluding hydrogens is 287 g/mol. The van der Waals surface area contributed by atoms with Gasteiger partial charge in [-0.25, -0.2) is 0 Å². The van der Waals surface area contributed by atoms with Gasteiger partial charge in [-0.3, -0.25) is 4.21 Å². The lowest BCUT2D eigenvalue weighted by Crippen LogP contribution is -2.27. The predicted octanol–water partition coefficient (Wildman–Crippen LogP) is 3.12. The van der Waals surface area contributed by atoms with E-state index in [2.05, 4.69) is 0 Å². The van der Waals surface area contributed by atoms with E-state index in [1.54, 1.807) is 0 Å². The van der Waals surface area contributed by atoms with Crippen LogP contribution in [0.2, 0.25) is 0 Å². The maximum Gasteiger partial charge on any atom is 0.157 e. The molecule has 0 aliphatic rings. The molecule has 2 nitrogen and oxygen atoms in total. The van der Waals surface area contributed by atoms with Crippen LogP contribution < -0.4 is 10.6 Å². The molecule has 0 amide bonds. The lowest BCUT2D eigenvalue weighted by Gasteiger charge is -2.25. The van der Waals surface area contributed by atoms with Crippen LogP contribution in [0.4, 0.5) is 0 Å². The van der Waals surface area contributed by atoms with Crippen LogP contribution in [0.15, 0.2) is 60.7 Å². The van der Waals surface area contributed by atoms with Crippen molar-refractivity contribution < 1.29 is 8.77 Å². The molecule has 0 fully saturated rings. The lowest BCUT2D eigenvalue weighted by molar-refractivity contribution is 0.585. The second-order valence-electron chi connectivity index (χ2n) is 4.60. The molecule has 4 heteroatoms. The Labute approximate surface area is 123 Å². The highest BCUT2D eigenvalue weighted by atomic mass is 32.2. The average molecular weight is 306 g/mol. The Hall–Kier alpha value is -1.18. The first-order valence-electron chi connectivity index (χ1n) is 6.68. The van der Waals surface area contributed by atoms with Crippen molar-refractivity contribution in [2.75, 3.05) is 5.75 Å². The standard InChI is InChI=1S/C16H19O2PS/c1-3-20(18)14(2)19(17,15-10-6-4-7-11-15)16-12-8-5-9-13-16/h4-14H,3H2,1-2H3. The monoisotopic (exact) mass is 306 g/mol. The predicted molar refractivity (Wildman–Crippen MR) is 87.9 cm³/mol. The second kappa shape index (κ2) is 6.51. The zero-order valence-electron chi connectivity index (χ0n) is 11.7. The molecule has 0 aromatic heterocycles. The van der Waals surface area contributed by atoms with Gasteiger partial charge in [0.25, 0.3) is 0 Å². The summed E-state index contributed by atoms with van der Waals surface area (Å²) in [7, 11) is -3.99. The Morgan fingerprint density at radius 2 is 1.35 bits per heavy atom. The Bertz CT molecular complexity index is 582. The summed E-state index contributed by atoms with van der Waals surface area (Å²) in [5.74, 6) is 0.519. The van der Waals surface area contributed by atoms with Crippen LogP contribution in [0.25, 0.3) is 0 Å². The third-order valence-corrected chi connectivity index (χ3v) is 9.54. The molecule has 0 saturated heterocycles. The minimum atomic E-state index is -2.89. The summed E-state index contributed by atoms with van der Waals surface area (Å²) in [6.45, 7) is 3.70. The molecule has 0 spiro atoms. The number of benzene rings is 2. The van der Waals surface area contributed by atoms with Crippen molar-refractivity contribution in [3.05, 3.63) is 60.7 Å². The summed E-state index contributed by atoms with van der Waals surface area (Å²) in [4.78, 5) is -0.378. The summed E-state index contributed by atoms with van der Waals surface area (Å²) >= 11 is 0. The minimum Gasteiger partial charge on any atom is -0.312 e. The van der Waals surface area contributed by atoms with Gasteiger partial charge in [0.15, 0.2) is 7.14 Å². The van der Waals surface area contributed by atoms with Gasteiger partial charge < -0.3 is 4.57 Å². The molecule has 0 bridgehead atoms. The highest BCUT2D eigenvalue weighted by Crippen LogP contribution is 2.49. The average Bonchev–Trinajstić information content (AvgIpc) is 2.54. The Balaban J connectivity index is 2.61. The van der Waals surface area contributed by atoms with Gasteiger partial charge in [-0.05, 0) is 6.92 Å². The zero-order chi connectivity index (χ0) is 14.6. The van der Waals surface area contributed by atoms with E-state index < -0.39 is 17.9 Å². The molecule has 106 valence electrons. The Kier molecular flexibility index (Phi) is 4.95. The minimum absolute atomic E-state index is 0.378. The molecule has 0 saturated carbocycles. The van der Waals surface area contributed by atoms with Crippen molar-refractivity contribution in [1.82, 2.24) is 0 Å². The van der Waals surface area contributed by atoms with E-state index in [9.17, 15) is 8.77 Å². The highest BCUT2D eigenvalue weighted by Gasteiger charge is 2.36. The molecular formula is C16H19O2PS. The topological polar surface area (TPSA) is 34.1 Å². The first-order valence-corrected chi connectivity index (χ1v) is 9.84. The van der Waals surface area contributed by atoms with Gasteiger partial charge in [-0.1, -0.05) is 67.6 Å². The van der Waals surface area contributed by atoms with Gasteiger partial charge in [0.2, 0.25) is 0 Å². The molecule has 2 unspecified atom stereocenters.